The van der Waals surface area contributed by atoms with E-state index < -0.39 is 11.4 Å². The second-order valence-corrected chi connectivity index (χ2v) is 7.97. The Balaban J connectivity index is 1.93. The molecule has 0 bridgehead atoms. The first-order valence-electron chi connectivity index (χ1n) is 9.42. The van der Waals surface area contributed by atoms with Crippen LogP contribution >= 0.6 is 15.9 Å². The van der Waals surface area contributed by atoms with Crippen molar-refractivity contribution in [2.24, 2.45) is 0 Å². The van der Waals surface area contributed by atoms with Gasteiger partial charge in [0.2, 0.25) is 11.2 Å². The summed E-state index contributed by atoms with van der Waals surface area (Å²) >= 11 is 3.28. The highest BCUT2D eigenvalue weighted by Crippen LogP contribution is 2.33. The van der Waals surface area contributed by atoms with Gasteiger partial charge in [-0.2, -0.15) is 0 Å². The summed E-state index contributed by atoms with van der Waals surface area (Å²) in [5.41, 5.74) is 2.53. The molecule has 2 aromatic carbocycles. The number of fused-ring (bicyclic) bond motifs is 1. The van der Waals surface area contributed by atoms with Gasteiger partial charge in [-0.3, -0.25) is 9.78 Å². The zero-order chi connectivity index (χ0) is 22.1. The van der Waals surface area contributed by atoms with Gasteiger partial charge in [-0.25, -0.2) is 4.79 Å². The average molecular weight is 480 g/mol. The van der Waals surface area contributed by atoms with Gasteiger partial charge in [0.25, 0.3) is 0 Å². The third-order valence-electron chi connectivity index (χ3n) is 4.77. The Morgan fingerprint density at radius 1 is 1.06 bits per heavy atom. The highest BCUT2D eigenvalue weighted by atomic mass is 79.9. The predicted octanol–water partition coefficient (Wildman–Crippen LogP) is 5.46. The molecule has 0 N–H and O–H groups in total. The summed E-state index contributed by atoms with van der Waals surface area (Å²) in [6.07, 6.45) is 2.92. The third kappa shape index (κ3) is 4.09. The molecule has 156 valence electrons. The van der Waals surface area contributed by atoms with E-state index in [9.17, 15) is 9.59 Å². The summed E-state index contributed by atoms with van der Waals surface area (Å²) in [5.74, 6) is -0.0620. The molecule has 0 unspecified atom stereocenters. The van der Waals surface area contributed by atoms with Crippen molar-refractivity contribution in [3.63, 3.8) is 0 Å². The molecule has 0 atom stereocenters. The molecule has 0 spiro atoms. The second-order valence-electron chi connectivity index (χ2n) is 7.06. The Bertz CT molecular complexity index is 1360. The molecule has 31 heavy (non-hydrogen) atoms. The molecule has 0 fully saturated rings. The molecule has 0 aliphatic heterocycles. The van der Waals surface area contributed by atoms with Gasteiger partial charge in [0.15, 0.2) is 5.76 Å². The normalized spacial score (nSPS) is 10.8. The van der Waals surface area contributed by atoms with E-state index in [2.05, 4.69) is 20.9 Å². The molecule has 2 heterocycles. The zero-order valence-electron chi connectivity index (χ0n) is 17.1. The van der Waals surface area contributed by atoms with Gasteiger partial charge in [-0.15, -0.1) is 0 Å². The maximum Gasteiger partial charge on any atom is 0.345 e. The number of benzene rings is 2. The highest BCUT2D eigenvalue weighted by molar-refractivity contribution is 9.10. The van der Waals surface area contributed by atoms with Crippen LogP contribution in [0.5, 0.6) is 11.5 Å². The SMILES string of the molecule is COc1ccc(-c2oc3c(C)cc(C)cc3c(=O)c2OC(=O)c2cncc(Br)c2)cc1. The van der Waals surface area contributed by atoms with Crippen molar-refractivity contribution in [2.45, 2.75) is 13.8 Å². The minimum Gasteiger partial charge on any atom is -0.497 e. The lowest BCUT2D eigenvalue weighted by Crippen LogP contribution is -2.17. The standard InChI is InChI=1S/C24H18BrNO5/c1-13-8-14(2)21-19(9-13)20(27)23(31-24(28)16-10-17(25)12-26-11-16)22(30-21)15-4-6-18(29-3)7-5-15/h4-12H,1-3H3. The number of rotatable bonds is 4. The van der Waals surface area contributed by atoms with Gasteiger partial charge in [0, 0.05) is 22.4 Å². The van der Waals surface area contributed by atoms with E-state index in [0.717, 1.165) is 11.1 Å². The van der Waals surface area contributed by atoms with Gasteiger partial charge in [-0.1, -0.05) is 6.07 Å². The largest absolute Gasteiger partial charge is 0.497 e. The van der Waals surface area contributed by atoms with Crippen LogP contribution in [-0.4, -0.2) is 18.1 Å². The van der Waals surface area contributed by atoms with E-state index in [1.54, 1.807) is 49.7 Å². The minimum atomic E-state index is -0.709. The number of carbonyl (C=O) groups excluding carboxylic acids is 1. The molecule has 0 amide bonds. The van der Waals surface area contributed by atoms with Gasteiger partial charge >= 0.3 is 5.97 Å². The number of aromatic nitrogens is 1. The van der Waals surface area contributed by atoms with Crippen molar-refractivity contribution in [3.05, 3.63) is 86.2 Å². The summed E-state index contributed by atoms with van der Waals surface area (Å²) in [6, 6.07) is 12.2. The lowest BCUT2D eigenvalue weighted by atomic mass is 10.1. The Kier molecular flexibility index (Phi) is 5.61. The summed E-state index contributed by atoms with van der Waals surface area (Å²) in [5, 5.41) is 0.352. The van der Waals surface area contributed by atoms with Crippen LogP contribution in [0.3, 0.4) is 0 Å². The number of methoxy groups -OCH3 is 1. The van der Waals surface area contributed by atoms with Crippen LogP contribution in [0.2, 0.25) is 0 Å². The van der Waals surface area contributed by atoms with Crippen molar-refractivity contribution in [1.29, 1.82) is 0 Å². The van der Waals surface area contributed by atoms with E-state index in [-0.39, 0.29) is 17.1 Å². The molecule has 6 nitrogen and oxygen atoms in total. The van der Waals surface area contributed by atoms with Crippen LogP contribution < -0.4 is 14.9 Å². The van der Waals surface area contributed by atoms with Crippen molar-refractivity contribution in [2.75, 3.05) is 7.11 Å². The zero-order valence-corrected chi connectivity index (χ0v) is 18.6. The average Bonchev–Trinajstić information content (AvgIpc) is 2.76. The van der Waals surface area contributed by atoms with E-state index in [1.807, 2.05) is 19.9 Å². The Morgan fingerprint density at radius 2 is 1.81 bits per heavy atom. The lowest BCUT2D eigenvalue weighted by molar-refractivity contribution is 0.0731. The van der Waals surface area contributed by atoms with E-state index >= 15 is 0 Å². The molecule has 4 aromatic rings. The predicted molar refractivity (Wildman–Crippen MR) is 121 cm³/mol. The van der Waals surface area contributed by atoms with Gasteiger partial charge in [-0.05, 0) is 77.3 Å². The van der Waals surface area contributed by atoms with E-state index in [4.69, 9.17) is 13.9 Å². The molecule has 2 aromatic heterocycles. The molecule has 0 aliphatic carbocycles. The maximum atomic E-state index is 13.4. The number of nitrogens with zero attached hydrogens (tertiary/aromatic N) is 1. The van der Waals surface area contributed by atoms with Crippen LogP contribution in [0.25, 0.3) is 22.3 Å². The van der Waals surface area contributed by atoms with E-state index in [1.165, 1.54) is 6.20 Å². The Morgan fingerprint density at radius 3 is 2.48 bits per heavy atom. The number of pyridine rings is 1. The summed E-state index contributed by atoms with van der Waals surface area (Å²) in [4.78, 5) is 30.2. The first-order chi connectivity index (χ1) is 14.9. The van der Waals surface area contributed by atoms with Crippen LogP contribution in [0, 0.1) is 13.8 Å². The second kappa shape index (κ2) is 8.35. The molecular weight excluding hydrogens is 462 g/mol. The van der Waals surface area contributed by atoms with Crippen LogP contribution in [0.1, 0.15) is 21.5 Å². The minimum absolute atomic E-state index is 0.170. The fraction of sp³-hybridized carbons (Fsp3) is 0.125. The fourth-order valence-electron chi connectivity index (χ4n) is 3.33. The van der Waals surface area contributed by atoms with Crippen LogP contribution in [-0.2, 0) is 0 Å². The van der Waals surface area contributed by atoms with Crippen molar-refractivity contribution in [3.8, 4) is 22.8 Å². The quantitative estimate of drug-likeness (QED) is 0.361. The number of carbonyl (C=O) groups is 1. The van der Waals surface area contributed by atoms with Gasteiger partial charge in [0.1, 0.15) is 11.3 Å². The molecule has 0 radical (unpaired) electrons. The first-order valence-corrected chi connectivity index (χ1v) is 10.2. The van der Waals surface area contributed by atoms with Gasteiger partial charge < -0.3 is 13.9 Å². The highest BCUT2D eigenvalue weighted by Gasteiger charge is 2.22. The summed E-state index contributed by atoms with van der Waals surface area (Å²) < 4.78 is 17.5. The van der Waals surface area contributed by atoms with Crippen LogP contribution in [0.15, 0.2) is 68.5 Å². The lowest BCUT2D eigenvalue weighted by Gasteiger charge is -2.12. The number of aryl methyl sites for hydroxylation is 2. The van der Waals surface area contributed by atoms with Crippen molar-refractivity contribution < 1.29 is 18.7 Å². The summed E-state index contributed by atoms with van der Waals surface area (Å²) in [6.45, 7) is 3.76. The fourth-order valence-corrected chi connectivity index (χ4v) is 3.70. The first kappa shape index (κ1) is 20.8. The molecule has 0 saturated heterocycles. The number of hydrogen-bond donors (Lipinski definition) is 0. The van der Waals surface area contributed by atoms with Gasteiger partial charge in [0.05, 0.1) is 18.1 Å². The van der Waals surface area contributed by atoms with Crippen LogP contribution in [0.4, 0.5) is 0 Å². The summed E-state index contributed by atoms with van der Waals surface area (Å²) in [7, 11) is 1.57. The Hall–Kier alpha value is -3.45. The molecule has 0 aliphatic rings. The third-order valence-corrected chi connectivity index (χ3v) is 5.20. The molecule has 7 heteroatoms. The topological polar surface area (TPSA) is 78.6 Å². The molecule has 0 saturated carbocycles. The number of esters is 1. The smallest absolute Gasteiger partial charge is 0.345 e. The number of halogens is 1. The molecule has 4 rings (SSSR count). The van der Waals surface area contributed by atoms with E-state index in [0.29, 0.717) is 26.8 Å². The van der Waals surface area contributed by atoms with Crippen molar-refractivity contribution >= 4 is 32.9 Å². The Labute approximate surface area is 186 Å². The number of ether oxygens (including phenoxy) is 2. The number of hydrogen-bond acceptors (Lipinski definition) is 6. The monoisotopic (exact) mass is 479 g/mol. The maximum absolute atomic E-state index is 13.4. The molecular formula is C24H18BrNO5. The van der Waals surface area contributed by atoms with Crippen molar-refractivity contribution in [1.82, 2.24) is 4.98 Å².